The van der Waals surface area contributed by atoms with Crippen LogP contribution in [0, 0.1) is 0 Å². The molecule has 1 aliphatic rings. The van der Waals surface area contributed by atoms with Gasteiger partial charge in [0.2, 0.25) is 5.91 Å². The summed E-state index contributed by atoms with van der Waals surface area (Å²) in [5.41, 5.74) is 8.03. The van der Waals surface area contributed by atoms with Gasteiger partial charge in [0.05, 0.1) is 6.54 Å². The Kier molecular flexibility index (Phi) is 5.60. The number of benzene rings is 1. The molecule has 2 rings (SSSR count). The molecule has 0 atom stereocenters. The number of hydrogen-bond acceptors (Lipinski definition) is 2. The van der Waals surface area contributed by atoms with E-state index in [1.54, 1.807) is 0 Å². The van der Waals surface area contributed by atoms with Crippen molar-refractivity contribution >= 4 is 17.6 Å². The van der Waals surface area contributed by atoms with Gasteiger partial charge in [-0.2, -0.15) is 0 Å². The molecule has 5 heteroatoms. The summed E-state index contributed by atoms with van der Waals surface area (Å²) in [5.74, 6) is 0.537. The van der Waals surface area contributed by atoms with Crippen LogP contribution in [0.4, 0.5) is 5.69 Å². The summed E-state index contributed by atoms with van der Waals surface area (Å²) in [4.78, 5) is 18.0. The zero-order valence-electron chi connectivity index (χ0n) is 12.6. The molecule has 1 amide bonds. The second-order valence-electron chi connectivity index (χ2n) is 5.28. The Bertz CT molecular complexity index is 507. The summed E-state index contributed by atoms with van der Waals surface area (Å²) in [6.45, 7) is 4.32. The number of nitrogens with zero attached hydrogens (tertiary/aromatic N) is 2. The van der Waals surface area contributed by atoms with Crippen molar-refractivity contribution < 1.29 is 4.79 Å². The van der Waals surface area contributed by atoms with Crippen LogP contribution in [0.1, 0.15) is 31.7 Å². The maximum absolute atomic E-state index is 11.9. The van der Waals surface area contributed by atoms with Crippen LogP contribution in [0.25, 0.3) is 0 Å². The van der Waals surface area contributed by atoms with E-state index >= 15 is 0 Å². The molecule has 1 heterocycles. The Morgan fingerprint density at radius 2 is 2.14 bits per heavy atom. The zero-order valence-corrected chi connectivity index (χ0v) is 12.6. The molecule has 1 aromatic carbocycles. The van der Waals surface area contributed by atoms with E-state index < -0.39 is 0 Å². The first-order valence-electron chi connectivity index (χ1n) is 7.62. The van der Waals surface area contributed by atoms with Crippen LogP contribution >= 0.6 is 0 Å². The quantitative estimate of drug-likeness (QED) is 0.643. The Hall–Kier alpha value is -2.04. The van der Waals surface area contributed by atoms with Gasteiger partial charge in [-0.05, 0) is 37.0 Å². The predicted molar refractivity (Wildman–Crippen MR) is 86.4 cm³/mol. The number of aliphatic imine (C=N–C) groups is 1. The Balaban J connectivity index is 1.79. The van der Waals surface area contributed by atoms with E-state index in [1.165, 1.54) is 5.56 Å². The van der Waals surface area contributed by atoms with Crippen molar-refractivity contribution in [1.82, 2.24) is 4.90 Å². The van der Waals surface area contributed by atoms with Gasteiger partial charge in [0.25, 0.3) is 0 Å². The van der Waals surface area contributed by atoms with E-state index in [-0.39, 0.29) is 5.91 Å². The number of nitrogens with two attached hydrogens (primary N) is 1. The summed E-state index contributed by atoms with van der Waals surface area (Å²) < 4.78 is 0. The number of aryl methyl sites for hydroxylation is 1. The van der Waals surface area contributed by atoms with Gasteiger partial charge < -0.3 is 16.0 Å². The molecule has 0 saturated carbocycles. The average molecular weight is 288 g/mol. The van der Waals surface area contributed by atoms with E-state index in [4.69, 9.17) is 5.73 Å². The molecule has 1 aliphatic heterocycles. The lowest BCUT2D eigenvalue weighted by Crippen LogP contribution is -2.28. The van der Waals surface area contributed by atoms with Crippen LogP contribution in [0.2, 0.25) is 0 Å². The molecular formula is C16H24N4O. The number of rotatable bonds is 5. The smallest absolute Gasteiger partial charge is 0.224 e. The fraction of sp³-hybridized carbons (Fsp3) is 0.500. The van der Waals surface area contributed by atoms with Crippen molar-refractivity contribution in [2.45, 2.75) is 32.6 Å². The minimum Gasteiger partial charge on any atom is -0.370 e. The van der Waals surface area contributed by atoms with Crippen molar-refractivity contribution in [1.29, 1.82) is 0 Å². The molecule has 0 aliphatic carbocycles. The molecule has 0 bridgehead atoms. The first kappa shape index (κ1) is 15.4. The van der Waals surface area contributed by atoms with Gasteiger partial charge in [-0.1, -0.05) is 19.1 Å². The van der Waals surface area contributed by atoms with E-state index in [0.29, 0.717) is 18.9 Å². The van der Waals surface area contributed by atoms with Gasteiger partial charge in [-0.3, -0.25) is 9.79 Å². The largest absolute Gasteiger partial charge is 0.370 e. The van der Waals surface area contributed by atoms with Crippen LogP contribution in [0.3, 0.4) is 0 Å². The number of nitrogens with one attached hydrogen (secondary N) is 1. The summed E-state index contributed by atoms with van der Waals surface area (Å²) in [5, 5.41) is 3.06. The topological polar surface area (TPSA) is 70.7 Å². The van der Waals surface area contributed by atoms with Crippen molar-refractivity contribution in [3.8, 4) is 0 Å². The van der Waals surface area contributed by atoms with E-state index in [1.807, 2.05) is 17.0 Å². The fourth-order valence-electron chi connectivity index (χ4n) is 2.45. The molecule has 114 valence electrons. The Morgan fingerprint density at radius 1 is 1.38 bits per heavy atom. The molecule has 1 fully saturated rings. The molecule has 0 unspecified atom stereocenters. The molecule has 5 nitrogen and oxygen atoms in total. The van der Waals surface area contributed by atoms with Crippen LogP contribution < -0.4 is 11.1 Å². The summed E-state index contributed by atoms with van der Waals surface area (Å²) >= 11 is 0. The standard InChI is InChI=1S/C16H24N4O/c1-2-13-6-5-7-14(12-13)19-16(17)18-9-8-15(21)20-10-3-4-11-20/h5-7,12H,2-4,8-11H2,1H3,(H3,17,18,19). The predicted octanol–water partition coefficient (Wildman–Crippen LogP) is 1.99. The third-order valence-corrected chi connectivity index (χ3v) is 3.67. The van der Waals surface area contributed by atoms with E-state index in [0.717, 1.165) is 38.0 Å². The van der Waals surface area contributed by atoms with E-state index in [9.17, 15) is 4.79 Å². The number of carbonyl (C=O) groups is 1. The van der Waals surface area contributed by atoms with Gasteiger partial charge >= 0.3 is 0 Å². The SMILES string of the molecule is CCc1cccc(NC(N)=NCCC(=O)N2CCCC2)c1. The van der Waals surface area contributed by atoms with Gasteiger partial charge in [-0.25, -0.2) is 0 Å². The number of anilines is 1. The second-order valence-corrected chi connectivity index (χ2v) is 5.28. The highest BCUT2D eigenvalue weighted by atomic mass is 16.2. The highest BCUT2D eigenvalue weighted by Gasteiger charge is 2.16. The number of likely N-dealkylation sites (tertiary alicyclic amines) is 1. The molecular weight excluding hydrogens is 264 g/mol. The molecule has 0 spiro atoms. The first-order chi connectivity index (χ1) is 10.2. The number of hydrogen-bond donors (Lipinski definition) is 2. The highest BCUT2D eigenvalue weighted by Crippen LogP contribution is 2.11. The maximum Gasteiger partial charge on any atom is 0.224 e. The summed E-state index contributed by atoms with van der Waals surface area (Å²) in [7, 11) is 0. The van der Waals surface area contributed by atoms with Crippen LogP contribution in [-0.4, -0.2) is 36.4 Å². The minimum atomic E-state index is 0.178. The van der Waals surface area contributed by atoms with Gasteiger partial charge in [0.1, 0.15) is 0 Å². The van der Waals surface area contributed by atoms with Gasteiger partial charge in [-0.15, -0.1) is 0 Å². The molecule has 1 saturated heterocycles. The fourth-order valence-corrected chi connectivity index (χ4v) is 2.45. The highest BCUT2D eigenvalue weighted by molar-refractivity contribution is 5.92. The van der Waals surface area contributed by atoms with Crippen LogP contribution in [0.15, 0.2) is 29.3 Å². The van der Waals surface area contributed by atoms with Gasteiger partial charge in [0, 0.05) is 25.2 Å². The van der Waals surface area contributed by atoms with E-state index in [2.05, 4.69) is 29.4 Å². The van der Waals surface area contributed by atoms with Gasteiger partial charge in [0.15, 0.2) is 5.96 Å². The van der Waals surface area contributed by atoms with Crippen LogP contribution in [0.5, 0.6) is 0 Å². The molecule has 21 heavy (non-hydrogen) atoms. The second kappa shape index (κ2) is 7.67. The monoisotopic (exact) mass is 288 g/mol. The lowest BCUT2D eigenvalue weighted by Gasteiger charge is -2.14. The molecule has 0 aromatic heterocycles. The normalized spacial score (nSPS) is 15.3. The van der Waals surface area contributed by atoms with Crippen LogP contribution in [-0.2, 0) is 11.2 Å². The number of guanidine groups is 1. The molecule has 0 radical (unpaired) electrons. The van der Waals surface area contributed by atoms with Crippen molar-refractivity contribution in [2.75, 3.05) is 25.0 Å². The van der Waals surface area contributed by atoms with Crippen molar-refractivity contribution in [3.05, 3.63) is 29.8 Å². The third kappa shape index (κ3) is 4.77. The minimum absolute atomic E-state index is 0.178. The molecule has 1 aromatic rings. The molecule has 3 N–H and O–H groups in total. The summed E-state index contributed by atoms with van der Waals surface area (Å²) in [6, 6.07) is 8.08. The zero-order chi connectivity index (χ0) is 15.1. The lowest BCUT2D eigenvalue weighted by molar-refractivity contribution is -0.129. The average Bonchev–Trinajstić information content (AvgIpc) is 3.01. The summed E-state index contributed by atoms with van der Waals surface area (Å²) in [6.07, 6.45) is 3.65. The Morgan fingerprint density at radius 3 is 2.86 bits per heavy atom. The Labute approximate surface area is 126 Å². The maximum atomic E-state index is 11.9. The number of amides is 1. The third-order valence-electron chi connectivity index (χ3n) is 3.67. The lowest BCUT2D eigenvalue weighted by atomic mass is 10.1. The first-order valence-corrected chi connectivity index (χ1v) is 7.62. The van der Waals surface area contributed by atoms with Crippen molar-refractivity contribution in [3.63, 3.8) is 0 Å². The number of carbonyl (C=O) groups excluding carboxylic acids is 1. The van der Waals surface area contributed by atoms with Crippen molar-refractivity contribution in [2.24, 2.45) is 10.7 Å².